The smallest absolute Gasteiger partial charge is 0.265 e. The fraction of sp³-hybridized carbons (Fsp3) is 0.545. The van der Waals surface area contributed by atoms with Gasteiger partial charge in [0.05, 0.1) is 0 Å². The van der Waals surface area contributed by atoms with E-state index < -0.39 is 10.2 Å². The first kappa shape index (κ1) is 12.5. The second-order valence-electron chi connectivity index (χ2n) is 4.29. The van der Waals surface area contributed by atoms with E-state index in [1.807, 2.05) is 19.1 Å². The summed E-state index contributed by atoms with van der Waals surface area (Å²) in [5.74, 6) is 0.174. The van der Waals surface area contributed by atoms with E-state index in [0.29, 0.717) is 19.6 Å². The van der Waals surface area contributed by atoms with Gasteiger partial charge in [-0.05, 0) is 30.0 Å². The number of rotatable bonds is 3. The molecule has 1 aromatic rings. The van der Waals surface area contributed by atoms with Crippen molar-refractivity contribution >= 4 is 10.2 Å². The number of aromatic nitrogens is 1. The summed E-state index contributed by atoms with van der Waals surface area (Å²) in [4.78, 5) is 3.96. The van der Waals surface area contributed by atoms with Crippen molar-refractivity contribution in [2.24, 2.45) is 0 Å². The number of hydrogen-bond acceptors (Lipinski definition) is 3. The average Bonchev–Trinajstić information content (AvgIpc) is 2.33. The van der Waals surface area contributed by atoms with Gasteiger partial charge >= 0.3 is 0 Å². The zero-order valence-corrected chi connectivity index (χ0v) is 10.7. The van der Waals surface area contributed by atoms with Crippen LogP contribution in [0.3, 0.4) is 0 Å². The van der Waals surface area contributed by atoms with Crippen LogP contribution in [0.15, 0.2) is 24.5 Å². The second kappa shape index (κ2) is 5.12. The Balaban J connectivity index is 2.06. The number of pyridine rings is 1. The van der Waals surface area contributed by atoms with Gasteiger partial charge in [0.2, 0.25) is 0 Å². The quantitative estimate of drug-likeness (QED) is 0.866. The Kier molecular flexibility index (Phi) is 3.76. The SMILES string of the molecule is CC(CN1CCCNS1(=O)=O)c1ccncc1. The number of nitrogens with one attached hydrogen (secondary N) is 1. The van der Waals surface area contributed by atoms with Gasteiger partial charge in [-0.15, -0.1) is 0 Å². The van der Waals surface area contributed by atoms with E-state index >= 15 is 0 Å². The molecule has 1 saturated heterocycles. The summed E-state index contributed by atoms with van der Waals surface area (Å²) < 4.78 is 27.6. The molecule has 1 aliphatic rings. The Bertz CT molecular complexity index is 461. The molecule has 2 heterocycles. The van der Waals surface area contributed by atoms with Gasteiger partial charge in [0, 0.05) is 32.0 Å². The maximum atomic E-state index is 11.8. The summed E-state index contributed by atoms with van der Waals surface area (Å²) in [6, 6.07) is 3.85. The standard InChI is InChI=1S/C11H17N3O2S/c1-10(11-3-6-12-7-4-11)9-14-8-2-5-13-17(14,15)16/h3-4,6-7,10,13H,2,5,8-9H2,1H3. The molecule has 0 spiro atoms. The normalized spacial score (nSPS) is 22.2. The molecule has 1 aromatic heterocycles. The highest BCUT2D eigenvalue weighted by atomic mass is 32.2. The van der Waals surface area contributed by atoms with Crippen LogP contribution < -0.4 is 4.72 Å². The zero-order valence-electron chi connectivity index (χ0n) is 9.83. The fourth-order valence-electron chi connectivity index (χ4n) is 1.96. The molecular weight excluding hydrogens is 238 g/mol. The van der Waals surface area contributed by atoms with E-state index in [4.69, 9.17) is 0 Å². The van der Waals surface area contributed by atoms with Gasteiger partial charge in [0.15, 0.2) is 0 Å². The topological polar surface area (TPSA) is 62.3 Å². The summed E-state index contributed by atoms with van der Waals surface area (Å²) in [6.07, 6.45) is 4.33. The maximum Gasteiger partial charge on any atom is 0.279 e. The van der Waals surface area contributed by atoms with E-state index in [-0.39, 0.29) is 5.92 Å². The van der Waals surface area contributed by atoms with Crippen molar-refractivity contribution in [2.45, 2.75) is 19.3 Å². The van der Waals surface area contributed by atoms with Crippen LogP contribution in [-0.4, -0.2) is 37.3 Å². The van der Waals surface area contributed by atoms with Gasteiger partial charge in [0.1, 0.15) is 0 Å². The van der Waals surface area contributed by atoms with Gasteiger partial charge in [0.25, 0.3) is 10.2 Å². The van der Waals surface area contributed by atoms with Crippen LogP contribution in [0.5, 0.6) is 0 Å². The van der Waals surface area contributed by atoms with Crippen LogP contribution in [0.2, 0.25) is 0 Å². The van der Waals surface area contributed by atoms with Crippen LogP contribution in [-0.2, 0) is 10.2 Å². The van der Waals surface area contributed by atoms with Crippen LogP contribution in [0.4, 0.5) is 0 Å². The molecule has 17 heavy (non-hydrogen) atoms. The Morgan fingerprint density at radius 3 is 2.82 bits per heavy atom. The molecule has 1 aliphatic heterocycles. The molecule has 1 N–H and O–H groups in total. The monoisotopic (exact) mass is 255 g/mol. The van der Waals surface area contributed by atoms with Crippen LogP contribution in [0, 0.1) is 0 Å². The van der Waals surface area contributed by atoms with Crippen molar-refractivity contribution in [3.63, 3.8) is 0 Å². The lowest BCUT2D eigenvalue weighted by Gasteiger charge is -2.29. The maximum absolute atomic E-state index is 11.8. The van der Waals surface area contributed by atoms with Crippen LogP contribution in [0.1, 0.15) is 24.8 Å². The number of nitrogens with zero attached hydrogens (tertiary/aromatic N) is 2. The van der Waals surface area contributed by atoms with E-state index in [1.54, 1.807) is 12.4 Å². The highest BCUT2D eigenvalue weighted by Gasteiger charge is 2.26. The minimum Gasteiger partial charge on any atom is -0.265 e. The van der Waals surface area contributed by atoms with Crippen molar-refractivity contribution in [1.82, 2.24) is 14.0 Å². The van der Waals surface area contributed by atoms with Crippen molar-refractivity contribution in [2.75, 3.05) is 19.6 Å². The molecule has 1 unspecified atom stereocenters. The summed E-state index contributed by atoms with van der Waals surface area (Å²) in [5, 5.41) is 0. The largest absolute Gasteiger partial charge is 0.279 e. The van der Waals surface area contributed by atoms with E-state index in [9.17, 15) is 8.42 Å². The molecule has 0 radical (unpaired) electrons. The Hall–Kier alpha value is -0.980. The summed E-state index contributed by atoms with van der Waals surface area (Å²) >= 11 is 0. The highest BCUT2D eigenvalue weighted by Crippen LogP contribution is 2.18. The summed E-state index contributed by atoms with van der Waals surface area (Å²) in [5.41, 5.74) is 1.11. The molecule has 0 aromatic carbocycles. The molecule has 0 bridgehead atoms. The lowest BCUT2D eigenvalue weighted by Crippen LogP contribution is -2.48. The Morgan fingerprint density at radius 1 is 1.47 bits per heavy atom. The first-order valence-electron chi connectivity index (χ1n) is 5.74. The third kappa shape index (κ3) is 3.02. The summed E-state index contributed by atoms with van der Waals surface area (Å²) in [7, 11) is -3.26. The third-order valence-corrected chi connectivity index (χ3v) is 4.54. The molecular formula is C11H17N3O2S. The summed E-state index contributed by atoms with van der Waals surface area (Å²) in [6.45, 7) is 3.69. The third-order valence-electron chi connectivity index (χ3n) is 2.96. The van der Waals surface area contributed by atoms with Gasteiger partial charge in [-0.1, -0.05) is 6.92 Å². The average molecular weight is 255 g/mol. The predicted octanol–water partition coefficient (Wildman–Crippen LogP) is 0.725. The minimum absolute atomic E-state index is 0.174. The van der Waals surface area contributed by atoms with Gasteiger partial charge in [-0.25, -0.2) is 4.72 Å². The molecule has 1 atom stereocenters. The molecule has 0 aliphatic carbocycles. The van der Waals surface area contributed by atoms with Gasteiger partial charge in [-0.2, -0.15) is 12.7 Å². The molecule has 0 amide bonds. The van der Waals surface area contributed by atoms with Crippen molar-refractivity contribution in [3.05, 3.63) is 30.1 Å². The van der Waals surface area contributed by atoms with Crippen molar-refractivity contribution < 1.29 is 8.42 Å². The van der Waals surface area contributed by atoms with E-state index in [0.717, 1.165) is 12.0 Å². The molecule has 94 valence electrons. The van der Waals surface area contributed by atoms with Crippen molar-refractivity contribution in [3.8, 4) is 0 Å². The lowest BCUT2D eigenvalue weighted by molar-refractivity contribution is 0.359. The first-order chi connectivity index (χ1) is 8.09. The van der Waals surface area contributed by atoms with E-state index in [2.05, 4.69) is 9.71 Å². The van der Waals surface area contributed by atoms with Gasteiger partial charge < -0.3 is 0 Å². The minimum atomic E-state index is -3.26. The van der Waals surface area contributed by atoms with E-state index in [1.165, 1.54) is 4.31 Å². The number of hydrogen-bond donors (Lipinski definition) is 1. The highest BCUT2D eigenvalue weighted by molar-refractivity contribution is 7.87. The second-order valence-corrected chi connectivity index (χ2v) is 6.05. The molecule has 6 heteroatoms. The van der Waals surface area contributed by atoms with Crippen LogP contribution in [0.25, 0.3) is 0 Å². The van der Waals surface area contributed by atoms with Gasteiger partial charge in [-0.3, -0.25) is 4.98 Å². The molecule has 1 fully saturated rings. The molecule has 0 saturated carbocycles. The fourth-order valence-corrected chi connectivity index (χ4v) is 3.33. The van der Waals surface area contributed by atoms with Crippen molar-refractivity contribution in [1.29, 1.82) is 0 Å². The Morgan fingerprint density at radius 2 is 2.18 bits per heavy atom. The molecule has 5 nitrogen and oxygen atoms in total. The predicted molar refractivity (Wildman–Crippen MR) is 65.8 cm³/mol. The lowest BCUT2D eigenvalue weighted by atomic mass is 10.0. The first-order valence-corrected chi connectivity index (χ1v) is 7.18. The Labute approximate surface area is 102 Å². The zero-order chi connectivity index (χ0) is 12.3. The molecule has 2 rings (SSSR count). The van der Waals surface area contributed by atoms with Crippen LogP contribution >= 0.6 is 0 Å².